The number of aromatic nitrogens is 2. The zero-order valence-electron chi connectivity index (χ0n) is 16.0. The fraction of sp³-hybridized carbons (Fsp3) is 0.174. The molecule has 0 atom stereocenters. The Morgan fingerprint density at radius 1 is 1.10 bits per heavy atom. The molecule has 2 aromatic carbocycles. The van der Waals surface area contributed by atoms with Gasteiger partial charge in [0.05, 0.1) is 11.7 Å². The molecule has 4 aromatic rings. The number of thiophene rings is 1. The largest absolute Gasteiger partial charge is 0.310 e. The summed E-state index contributed by atoms with van der Waals surface area (Å²) in [5.74, 6) is -0.0913. The van der Waals surface area contributed by atoms with Gasteiger partial charge in [0.1, 0.15) is 11.4 Å². The van der Waals surface area contributed by atoms with Crippen LogP contribution in [0.3, 0.4) is 0 Å². The van der Waals surface area contributed by atoms with E-state index in [0.29, 0.717) is 16.8 Å². The number of para-hydroxylation sites is 1. The first-order valence-electron chi connectivity index (χ1n) is 9.55. The first kappa shape index (κ1) is 17.8. The van der Waals surface area contributed by atoms with Crippen LogP contribution in [0.5, 0.6) is 0 Å². The second kappa shape index (κ2) is 6.97. The monoisotopic (exact) mass is 401 g/mol. The van der Waals surface area contributed by atoms with Crippen LogP contribution in [-0.4, -0.2) is 22.0 Å². The van der Waals surface area contributed by atoms with E-state index in [1.165, 1.54) is 27.8 Å². The zero-order valence-corrected chi connectivity index (χ0v) is 16.8. The van der Waals surface area contributed by atoms with Gasteiger partial charge in [-0.25, -0.2) is 4.98 Å². The molecule has 29 heavy (non-hydrogen) atoms. The van der Waals surface area contributed by atoms with Gasteiger partial charge in [-0.2, -0.15) is 0 Å². The Morgan fingerprint density at radius 3 is 2.69 bits per heavy atom. The summed E-state index contributed by atoms with van der Waals surface area (Å²) in [4.78, 5) is 34.3. The molecule has 0 radical (unpaired) electrons. The molecule has 5 rings (SSSR count). The number of fused-ring (bicyclic) bond motifs is 2. The van der Waals surface area contributed by atoms with Crippen molar-refractivity contribution in [2.45, 2.75) is 19.9 Å². The van der Waals surface area contributed by atoms with E-state index in [-0.39, 0.29) is 18.0 Å². The van der Waals surface area contributed by atoms with Crippen LogP contribution < -0.4 is 10.5 Å². The molecule has 0 fully saturated rings. The van der Waals surface area contributed by atoms with Crippen molar-refractivity contribution in [3.8, 4) is 11.1 Å². The van der Waals surface area contributed by atoms with E-state index in [1.807, 2.05) is 61.5 Å². The van der Waals surface area contributed by atoms with Crippen molar-refractivity contribution in [3.63, 3.8) is 0 Å². The molecule has 0 bridgehead atoms. The van der Waals surface area contributed by atoms with E-state index < -0.39 is 0 Å². The molecular formula is C23H19N3O2S. The van der Waals surface area contributed by atoms with Gasteiger partial charge in [0.2, 0.25) is 5.91 Å². The number of aryl methyl sites for hydroxylation is 1. The van der Waals surface area contributed by atoms with Gasteiger partial charge in [0.15, 0.2) is 0 Å². The smallest absolute Gasteiger partial charge is 0.263 e. The Bertz CT molecular complexity index is 1290. The molecule has 6 heteroatoms. The molecule has 1 amide bonds. The topological polar surface area (TPSA) is 55.2 Å². The summed E-state index contributed by atoms with van der Waals surface area (Å²) in [6.07, 6.45) is 2.34. The predicted molar refractivity (Wildman–Crippen MR) is 117 cm³/mol. The molecule has 0 unspecified atom stereocenters. The van der Waals surface area contributed by atoms with E-state index in [2.05, 4.69) is 4.98 Å². The Labute approximate surface area is 171 Å². The number of benzene rings is 2. The van der Waals surface area contributed by atoms with Crippen LogP contribution in [0, 0.1) is 6.92 Å². The van der Waals surface area contributed by atoms with Crippen molar-refractivity contribution >= 4 is 33.1 Å². The van der Waals surface area contributed by atoms with Crippen molar-refractivity contribution < 1.29 is 4.79 Å². The number of carbonyl (C=O) groups excluding carboxylic acids is 1. The van der Waals surface area contributed by atoms with Crippen LogP contribution in [0.15, 0.2) is 65.7 Å². The lowest BCUT2D eigenvalue weighted by atomic mass is 10.0. The number of amides is 1. The third kappa shape index (κ3) is 2.96. The lowest BCUT2D eigenvalue weighted by Gasteiger charge is -2.17. The molecule has 0 N–H and O–H groups in total. The van der Waals surface area contributed by atoms with Gasteiger partial charge < -0.3 is 4.90 Å². The van der Waals surface area contributed by atoms with Gasteiger partial charge in [0, 0.05) is 22.7 Å². The maximum absolute atomic E-state index is 13.3. The molecule has 5 nitrogen and oxygen atoms in total. The van der Waals surface area contributed by atoms with Crippen molar-refractivity contribution in [2.75, 3.05) is 11.4 Å². The molecule has 1 aliphatic rings. The highest BCUT2D eigenvalue weighted by molar-refractivity contribution is 7.19. The normalized spacial score (nSPS) is 13.1. The number of hydrogen-bond acceptors (Lipinski definition) is 4. The zero-order chi connectivity index (χ0) is 20.0. The Balaban J connectivity index is 1.55. The van der Waals surface area contributed by atoms with Gasteiger partial charge in [-0.15, -0.1) is 11.3 Å². The number of rotatable bonds is 3. The molecule has 0 saturated carbocycles. The average molecular weight is 401 g/mol. The fourth-order valence-corrected chi connectivity index (χ4v) is 5.03. The summed E-state index contributed by atoms with van der Waals surface area (Å²) in [7, 11) is 0. The predicted octanol–water partition coefficient (Wildman–Crippen LogP) is 4.02. The van der Waals surface area contributed by atoms with Crippen molar-refractivity contribution in [1.29, 1.82) is 0 Å². The summed E-state index contributed by atoms with van der Waals surface area (Å²) in [5, 5.41) is 0.593. The van der Waals surface area contributed by atoms with Crippen LogP contribution in [0.25, 0.3) is 21.3 Å². The minimum absolute atomic E-state index is 0.0147. The molecule has 2 aromatic heterocycles. The van der Waals surface area contributed by atoms with Crippen molar-refractivity contribution in [3.05, 3.63) is 81.7 Å². The van der Waals surface area contributed by atoms with E-state index in [4.69, 9.17) is 0 Å². The van der Waals surface area contributed by atoms with E-state index in [0.717, 1.165) is 28.1 Å². The first-order chi connectivity index (χ1) is 14.1. The summed E-state index contributed by atoms with van der Waals surface area (Å²) in [6, 6.07) is 17.8. The van der Waals surface area contributed by atoms with Crippen molar-refractivity contribution in [2.24, 2.45) is 0 Å². The van der Waals surface area contributed by atoms with Gasteiger partial charge in [-0.1, -0.05) is 48.5 Å². The van der Waals surface area contributed by atoms with Crippen LogP contribution in [0.2, 0.25) is 0 Å². The summed E-state index contributed by atoms with van der Waals surface area (Å²) >= 11 is 1.51. The van der Waals surface area contributed by atoms with Crippen LogP contribution >= 0.6 is 11.3 Å². The second-order valence-electron chi connectivity index (χ2n) is 7.18. The lowest BCUT2D eigenvalue weighted by Crippen LogP contribution is -2.35. The molecule has 3 heterocycles. The number of anilines is 1. The third-order valence-corrected chi connectivity index (χ3v) is 6.42. The van der Waals surface area contributed by atoms with E-state index >= 15 is 0 Å². The van der Waals surface area contributed by atoms with Gasteiger partial charge in [-0.05, 0) is 30.5 Å². The third-order valence-electron chi connectivity index (χ3n) is 5.41. The maximum Gasteiger partial charge on any atom is 0.263 e. The van der Waals surface area contributed by atoms with Gasteiger partial charge in [0.25, 0.3) is 5.56 Å². The maximum atomic E-state index is 13.3. The SMILES string of the molecule is Cc1sc2ncn(CC(=O)N3CCc4ccccc43)c(=O)c2c1-c1ccccc1. The Morgan fingerprint density at radius 2 is 1.86 bits per heavy atom. The quantitative estimate of drug-likeness (QED) is 0.521. The minimum Gasteiger partial charge on any atom is -0.310 e. The highest BCUT2D eigenvalue weighted by atomic mass is 32.1. The average Bonchev–Trinajstić information content (AvgIpc) is 3.32. The summed E-state index contributed by atoms with van der Waals surface area (Å²) in [5.41, 5.74) is 3.85. The molecule has 1 aliphatic heterocycles. The number of hydrogen-bond donors (Lipinski definition) is 0. The first-order valence-corrected chi connectivity index (χ1v) is 10.4. The Kier molecular flexibility index (Phi) is 4.28. The minimum atomic E-state index is -0.168. The van der Waals surface area contributed by atoms with E-state index in [9.17, 15) is 9.59 Å². The van der Waals surface area contributed by atoms with Crippen molar-refractivity contribution in [1.82, 2.24) is 9.55 Å². The summed E-state index contributed by atoms with van der Waals surface area (Å²) < 4.78 is 1.43. The lowest BCUT2D eigenvalue weighted by molar-refractivity contribution is -0.119. The Hall–Kier alpha value is -3.25. The molecular weight excluding hydrogens is 382 g/mol. The standard InChI is InChI=1S/C23H19N3O2S/c1-15-20(17-8-3-2-4-9-17)21-22(29-15)24-14-25(23(21)28)13-19(27)26-12-11-16-7-5-6-10-18(16)26/h2-10,14H,11-13H2,1H3. The number of nitrogens with zero attached hydrogens (tertiary/aromatic N) is 3. The van der Waals surface area contributed by atoms with Crippen LogP contribution in [-0.2, 0) is 17.8 Å². The second-order valence-corrected chi connectivity index (χ2v) is 8.38. The van der Waals surface area contributed by atoms with Gasteiger partial charge in [-0.3, -0.25) is 14.2 Å². The highest BCUT2D eigenvalue weighted by Crippen LogP contribution is 2.35. The number of carbonyl (C=O) groups is 1. The molecule has 0 saturated heterocycles. The fourth-order valence-electron chi connectivity index (χ4n) is 4.03. The molecule has 0 aliphatic carbocycles. The molecule has 144 valence electrons. The van der Waals surface area contributed by atoms with Gasteiger partial charge >= 0.3 is 0 Å². The molecule has 0 spiro atoms. The summed E-state index contributed by atoms with van der Waals surface area (Å²) in [6.45, 7) is 2.64. The van der Waals surface area contributed by atoms with E-state index in [1.54, 1.807) is 4.90 Å². The van der Waals surface area contributed by atoms with Crippen LogP contribution in [0.4, 0.5) is 5.69 Å². The highest BCUT2D eigenvalue weighted by Gasteiger charge is 2.25. The van der Waals surface area contributed by atoms with Crippen LogP contribution in [0.1, 0.15) is 10.4 Å².